The zero-order valence-electron chi connectivity index (χ0n) is 18.9. The maximum atomic E-state index is 13.2. The average Bonchev–Trinajstić information content (AvgIpc) is 2.77. The van der Waals surface area contributed by atoms with E-state index in [2.05, 4.69) is 5.32 Å². The van der Waals surface area contributed by atoms with Gasteiger partial charge in [-0.2, -0.15) is 0 Å². The van der Waals surface area contributed by atoms with Gasteiger partial charge in [-0.1, -0.05) is 68.2 Å². The molecule has 0 unspecified atom stereocenters. The first kappa shape index (κ1) is 26.0. The van der Waals surface area contributed by atoms with Crippen LogP contribution in [0.4, 0.5) is 0 Å². The molecule has 0 aliphatic rings. The van der Waals surface area contributed by atoms with Crippen LogP contribution in [0.25, 0.3) is 0 Å². The van der Waals surface area contributed by atoms with Crippen molar-refractivity contribution >= 4 is 35.0 Å². The van der Waals surface area contributed by atoms with Gasteiger partial charge >= 0.3 is 0 Å². The van der Waals surface area contributed by atoms with E-state index in [9.17, 15) is 9.59 Å². The highest BCUT2D eigenvalue weighted by Crippen LogP contribution is 2.24. The highest BCUT2D eigenvalue weighted by atomic mass is 35.5. The van der Waals surface area contributed by atoms with E-state index in [1.165, 1.54) is 0 Å². The van der Waals surface area contributed by atoms with Gasteiger partial charge in [-0.15, -0.1) is 0 Å². The smallest absolute Gasteiger partial charge is 0.242 e. The van der Waals surface area contributed by atoms with Crippen molar-refractivity contribution < 1.29 is 14.3 Å². The number of nitrogens with zero attached hydrogens (tertiary/aromatic N) is 1. The van der Waals surface area contributed by atoms with Crippen molar-refractivity contribution in [3.05, 3.63) is 64.1 Å². The SMILES string of the molecule is CC[C@@H](C(=O)NCC(C)C)N(Cc1ccc(Cl)cc1Cl)C(=O)CCCOc1ccccc1. The molecule has 0 spiro atoms. The molecular formula is C25H32Cl2N2O3. The van der Waals surface area contributed by atoms with Crippen molar-refractivity contribution in [3.8, 4) is 5.75 Å². The third-order valence-corrected chi connectivity index (χ3v) is 5.56. The summed E-state index contributed by atoms with van der Waals surface area (Å²) in [5.74, 6) is 0.824. The molecule has 2 aromatic rings. The minimum atomic E-state index is -0.581. The maximum Gasteiger partial charge on any atom is 0.242 e. The molecule has 2 rings (SSSR count). The fraction of sp³-hybridized carbons (Fsp3) is 0.440. The van der Waals surface area contributed by atoms with Gasteiger partial charge in [0, 0.05) is 29.6 Å². The Kier molecular flexibility index (Phi) is 10.8. The fourth-order valence-electron chi connectivity index (χ4n) is 3.25. The lowest BCUT2D eigenvalue weighted by Crippen LogP contribution is -2.49. The second kappa shape index (κ2) is 13.3. The Morgan fingerprint density at radius 1 is 1.09 bits per heavy atom. The van der Waals surface area contributed by atoms with Crippen molar-refractivity contribution in [3.63, 3.8) is 0 Å². The van der Waals surface area contributed by atoms with E-state index in [4.69, 9.17) is 27.9 Å². The molecule has 5 nitrogen and oxygen atoms in total. The average molecular weight is 479 g/mol. The van der Waals surface area contributed by atoms with Crippen molar-refractivity contribution in [1.82, 2.24) is 10.2 Å². The van der Waals surface area contributed by atoms with Crippen molar-refractivity contribution in [2.75, 3.05) is 13.2 Å². The van der Waals surface area contributed by atoms with Gasteiger partial charge in [-0.3, -0.25) is 9.59 Å². The summed E-state index contributed by atoms with van der Waals surface area (Å²) in [4.78, 5) is 27.7. The summed E-state index contributed by atoms with van der Waals surface area (Å²) in [5, 5.41) is 3.95. The van der Waals surface area contributed by atoms with Crippen LogP contribution in [0, 0.1) is 5.92 Å². The summed E-state index contributed by atoms with van der Waals surface area (Å²) < 4.78 is 5.70. The van der Waals surface area contributed by atoms with Gasteiger partial charge in [0.25, 0.3) is 0 Å². The molecule has 0 aliphatic heterocycles. The van der Waals surface area contributed by atoms with E-state index in [1.54, 1.807) is 23.1 Å². The number of rotatable bonds is 12. The first-order chi connectivity index (χ1) is 15.3. The third-order valence-electron chi connectivity index (χ3n) is 4.97. The standard InChI is InChI=1S/C25H32Cl2N2O3/c1-4-23(25(31)28-16-18(2)3)29(17-19-12-13-20(26)15-22(19)27)24(30)11-8-14-32-21-9-6-5-7-10-21/h5-7,9-10,12-13,15,18,23H,4,8,11,14,16-17H2,1-3H3,(H,28,31)/t23-/m0/s1. The zero-order valence-corrected chi connectivity index (χ0v) is 20.5. The van der Waals surface area contributed by atoms with E-state index >= 15 is 0 Å². The normalized spacial score (nSPS) is 11.8. The summed E-state index contributed by atoms with van der Waals surface area (Å²) in [6.45, 7) is 7.18. The van der Waals surface area contributed by atoms with E-state index in [1.807, 2.05) is 51.1 Å². The van der Waals surface area contributed by atoms with Crippen LogP contribution in [0.15, 0.2) is 48.5 Å². The molecule has 2 aromatic carbocycles. The Bertz CT molecular complexity index is 875. The molecule has 0 heterocycles. The Labute approximate surface area is 201 Å². The van der Waals surface area contributed by atoms with Gasteiger partial charge in [-0.05, 0) is 48.6 Å². The Morgan fingerprint density at radius 2 is 1.81 bits per heavy atom. The van der Waals surface area contributed by atoms with Gasteiger partial charge in [-0.25, -0.2) is 0 Å². The lowest BCUT2D eigenvalue weighted by atomic mass is 10.1. The maximum absolute atomic E-state index is 13.2. The van der Waals surface area contributed by atoms with Crippen LogP contribution < -0.4 is 10.1 Å². The predicted octanol–water partition coefficient (Wildman–Crippen LogP) is 5.73. The highest BCUT2D eigenvalue weighted by molar-refractivity contribution is 6.35. The van der Waals surface area contributed by atoms with Gasteiger partial charge < -0.3 is 15.0 Å². The Morgan fingerprint density at radius 3 is 2.44 bits per heavy atom. The van der Waals surface area contributed by atoms with Gasteiger partial charge in [0.05, 0.1) is 6.61 Å². The zero-order chi connectivity index (χ0) is 23.5. The van der Waals surface area contributed by atoms with E-state index in [0.717, 1.165) is 11.3 Å². The lowest BCUT2D eigenvalue weighted by Gasteiger charge is -2.31. The number of ether oxygens (including phenoxy) is 1. The summed E-state index contributed by atoms with van der Waals surface area (Å²) in [7, 11) is 0. The topological polar surface area (TPSA) is 58.6 Å². The number of hydrogen-bond acceptors (Lipinski definition) is 3. The van der Waals surface area contributed by atoms with Crippen LogP contribution in [0.3, 0.4) is 0 Å². The molecular weight excluding hydrogens is 447 g/mol. The molecule has 0 aromatic heterocycles. The largest absolute Gasteiger partial charge is 0.494 e. The molecule has 174 valence electrons. The molecule has 0 aliphatic carbocycles. The van der Waals surface area contributed by atoms with Crippen molar-refractivity contribution in [2.45, 2.75) is 52.6 Å². The number of halogens is 2. The predicted molar refractivity (Wildman–Crippen MR) is 130 cm³/mol. The van der Waals surface area contributed by atoms with Crippen LogP contribution >= 0.6 is 23.2 Å². The lowest BCUT2D eigenvalue weighted by molar-refractivity contribution is -0.141. The Hall–Kier alpha value is -2.24. The first-order valence-corrected chi connectivity index (χ1v) is 11.8. The first-order valence-electron chi connectivity index (χ1n) is 11.0. The van der Waals surface area contributed by atoms with Gasteiger partial charge in [0.15, 0.2) is 0 Å². The fourth-order valence-corrected chi connectivity index (χ4v) is 3.72. The molecule has 1 atom stereocenters. The summed E-state index contributed by atoms with van der Waals surface area (Å²) in [6.07, 6.45) is 1.32. The van der Waals surface area contributed by atoms with Crippen LogP contribution in [0.2, 0.25) is 10.0 Å². The second-order valence-corrected chi connectivity index (χ2v) is 8.93. The quantitative estimate of drug-likeness (QED) is 0.396. The minimum absolute atomic E-state index is 0.112. The Balaban J connectivity index is 2.10. The summed E-state index contributed by atoms with van der Waals surface area (Å²) in [5.41, 5.74) is 0.750. The molecule has 0 radical (unpaired) electrons. The summed E-state index contributed by atoms with van der Waals surface area (Å²) in [6, 6.07) is 14.1. The molecule has 0 saturated carbocycles. The van der Waals surface area contributed by atoms with Crippen LogP contribution in [-0.4, -0.2) is 35.9 Å². The highest BCUT2D eigenvalue weighted by Gasteiger charge is 2.28. The number of carbonyl (C=O) groups is 2. The van der Waals surface area contributed by atoms with E-state index in [0.29, 0.717) is 42.0 Å². The molecule has 1 N–H and O–H groups in total. The number of nitrogens with one attached hydrogen (secondary N) is 1. The summed E-state index contributed by atoms with van der Waals surface area (Å²) >= 11 is 12.4. The molecule has 0 bridgehead atoms. The molecule has 0 saturated heterocycles. The van der Waals surface area contributed by atoms with Crippen molar-refractivity contribution in [1.29, 1.82) is 0 Å². The molecule has 0 fully saturated rings. The molecule has 2 amide bonds. The second-order valence-electron chi connectivity index (χ2n) is 8.09. The van der Waals surface area contributed by atoms with Crippen LogP contribution in [-0.2, 0) is 16.1 Å². The number of benzene rings is 2. The van der Waals surface area contributed by atoms with E-state index < -0.39 is 6.04 Å². The van der Waals surface area contributed by atoms with Gasteiger partial charge in [0.1, 0.15) is 11.8 Å². The number of carbonyl (C=O) groups excluding carboxylic acids is 2. The third kappa shape index (κ3) is 8.36. The number of para-hydroxylation sites is 1. The van der Waals surface area contributed by atoms with E-state index in [-0.39, 0.29) is 24.8 Å². The van der Waals surface area contributed by atoms with Gasteiger partial charge in [0.2, 0.25) is 11.8 Å². The van der Waals surface area contributed by atoms with Crippen LogP contribution in [0.5, 0.6) is 5.75 Å². The number of amides is 2. The molecule has 7 heteroatoms. The monoisotopic (exact) mass is 478 g/mol. The number of hydrogen-bond donors (Lipinski definition) is 1. The minimum Gasteiger partial charge on any atom is -0.494 e. The van der Waals surface area contributed by atoms with Crippen molar-refractivity contribution in [2.24, 2.45) is 5.92 Å². The van der Waals surface area contributed by atoms with Crippen LogP contribution in [0.1, 0.15) is 45.6 Å². The molecule has 32 heavy (non-hydrogen) atoms.